The Morgan fingerprint density at radius 1 is 1.38 bits per heavy atom. The molecule has 1 unspecified atom stereocenters. The standard InChI is InChI=1S/C18H23N3O4S/c1-3-18(13-7-5-4-6-8-13)16(23)21(17(24)19-18)12-20-9-10-26-14(11-20)15(22)25-2/h4-8,14H,3,9-12H2,1-2H3,(H,19,24)/p+1/t14-,18+/m0/s1. The van der Waals surface area contributed by atoms with Gasteiger partial charge in [0.05, 0.1) is 13.7 Å². The average Bonchev–Trinajstić information content (AvgIpc) is 2.93. The number of esters is 1. The molecule has 2 heterocycles. The fraction of sp³-hybridized carbons (Fsp3) is 0.500. The number of hydrogen-bond donors (Lipinski definition) is 2. The zero-order chi connectivity index (χ0) is 18.7. The third-order valence-corrected chi connectivity index (χ3v) is 6.27. The van der Waals surface area contributed by atoms with Gasteiger partial charge in [0, 0.05) is 5.75 Å². The average molecular weight is 378 g/mol. The highest BCUT2D eigenvalue weighted by atomic mass is 32.2. The first-order valence-corrected chi connectivity index (χ1v) is 9.79. The number of nitrogens with one attached hydrogen (secondary N) is 2. The molecular weight excluding hydrogens is 354 g/mol. The Morgan fingerprint density at radius 2 is 2.12 bits per heavy atom. The molecule has 7 nitrogen and oxygen atoms in total. The number of hydrogen-bond acceptors (Lipinski definition) is 5. The molecule has 3 amide bonds. The maximum absolute atomic E-state index is 13.1. The molecule has 2 aliphatic rings. The number of nitrogens with zero attached hydrogens (tertiary/aromatic N) is 1. The molecule has 140 valence electrons. The lowest BCUT2D eigenvalue weighted by Crippen LogP contribution is -3.16. The Balaban J connectivity index is 1.76. The number of thioether (sulfide) groups is 1. The summed E-state index contributed by atoms with van der Waals surface area (Å²) in [5, 5.41) is 2.64. The first-order valence-electron chi connectivity index (χ1n) is 8.74. The summed E-state index contributed by atoms with van der Waals surface area (Å²) in [6, 6.07) is 8.97. The van der Waals surface area contributed by atoms with E-state index in [9.17, 15) is 14.4 Å². The molecule has 0 aliphatic carbocycles. The van der Waals surface area contributed by atoms with Gasteiger partial charge in [-0.05, 0) is 12.0 Å². The number of amides is 3. The Hall–Kier alpha value is -2.06. The van der Waals surface area contributed by atoms with E-state index in [0.717, 1.165) is 22.8 Å². The molecule has 2 saturated heterocycles. The van der Waals surface area contributed by atoms with Gasteiger partial charge in [0.15, 0.2) is 11.9 Å². The maximum Gasteiger partial charge on any atom is 0.329 e. The van der Waals surface area contributed by atoms with Crippen molar-refractivity contribution in [3.05, 3.63) is 35.9 Å². The summed E-state index contributed by atoms with van der Waals surface area (Å²) in [5.41, 5.74) is -0.218. The summed E-state index contributed by atoms with van der Waals surface area (Å²) in [7, 11) is 1.38. The minimum atomic E-state index is -1.01. The Kier molecular flexibility index (Phi) is 5.52. The number of quaternary nitrogens is 1. The van der Waals surface area contributed by atoms with Crippen molar-refractivity contribution < 1.29 is 24.0 Å². The highest BCUT2D eigenvalue weighted by Gasteiger charge is 2.52. The van der Waals surface area contributed by atoms with Gasteiger partial charge in [-0.15, -0.1) is 11.8 Å². The van der Waals surface area contributed by atoms with Gasteiger partial charge in [0.2, 0.25) is 0 Å². The van der Waals surface area contributed by atoms with E-state index in [4.69, 9.17) is 4.74 Å². The second kappa shape index (κ2) is 7.67. The molecular formula is C18H24N3O4S+. The molecule has 2 N–H and O–H groups in total. The van der Waals surface area contributed by atoms with Gasteiger partial charge >= 0.3 is 12.0 Å². The Labute approximate surface area is 157 Å². The van der Waals surface area contributed by atoms with Crippen molar-refractivity contribution in [3.63, 3.8) is 0 Å². The van der Waals surface area contributed by atoms with Crippen molar-refractivity contribution in [1.82, 2.24) is 10.2 Å². The summed E-state index contributed by atoms with van der Waals surface area (Å²) < 4.78 is 4.83. The van der Waals surface area contributed by atoms with Gasteiger partial charge in [-0.2, -0.15) is 0 Å². The van der Waals surface area contributed by atoms with Crippen LogP contribution in [0, 0.1) is 0 Å². The fourth-order valence-electron chi connectivity index (χ4n) is 3.55. The molecule has 0 spiro atoms. The van der Waals surface area contributed by atoms with Crippen LogP contribution in [0.4, 0.5) is 4.79 Å². The van der Waals surface area contributed by atoms with E-state index < -0.39 is 5.54 Å². The van der Waals surface area contributed by atoms with E-state index in [1.807, 2.05) is 37.3 Å². The fourth-order valence-corrected chi connectivity index (χ4v) is 4.83. The second-order valence-electron chi connectivity index (χ2n) is 6.53. The van der Waals surface area contributed by atoms with E-state index in [2.05, 4.69) is 5.32 Å². The lowest BCUT2D eigenvalue weighted by Gasteiger charge is -2.30. The summed E-state index contributed by atoms with van der Waals surface area (Å²) in [6.07, 6.45) is 0.480. The highest BCUT2D eigenvalue weighted by Crippen LogP contribution is 2.31. The number of carbonyl (C=O) groups is 3. The van der Waals surface area contributed by atoms with Crippen LogP contribution in [0.5, 0.6) is 0 Å². The zero-order valence-electron chi connectivity index (χ0n) is 15.0. The number of carbonyl (C=O) groups excluding carboxylic acids is 3. The van der Waals surface area contributed by atoms with E-state index in [1.165, 1.54) is 12.0 Å². The van der Waals surface area contributed by atoms with Crippen LogP contribution < -0.4 is 10.2 Å². The second-order valence-corrected chi connectivity index (χ2v) is 7.84. The lowest BCUT2D eigenvalue weighted by atomic mass is 9.87. The third kappa shape index (κ3) is 3.31. The van der Waals surface area contributed by atoms with E-state index in [1.54, 1.807) is 11.8 Å². The van der Waals surface area contributed by atoms with Crippen molar-refractivity contribution >= 4 is 29.7 Å². The minimum Gasteiger partial charge on any atom is -0.468 e. The van der Waals surface area contributed by atoms with Crippen LogP contribution in [-0.2, 0) is 19.9 Å². The van der Waals surface area contributed by atoms with Crippen LogP contribution >= 0.6 is 11.8 Å². The predicted molar refractivity (Wildman–Crippen MR) is 97.6 cm³/mol. The monoisotopic (exact) mass is 378 g/mol. The van der Waals surface area contributed by atoms with Crippen molar-refractivity contribution in [3.8, 4) is 0 Å². The van der Waals surface area contributed by atoms with Crippen LogP contribution in [0.25, 0.3) is 0 Å². The molecule has 0 bridgehead atoms. The van der Waals surface area contributed by atoms with Crippen LogP contribution in [0.3, 0.4) is 0 Å². The molecule has 3 atom stereocenters. The molecule has 8 heteroatoms. The lowest BCUT2D eigenvalue weighted by molar-refractivity contribution is -0.905. The Bertz CT molecular complexity index is 699. The minimum absolute atomic E-state index is 0.225. The summed E-state index contributed by atoms with van der Waals surface area (Å²) in [5.74, 6) is 0.309. The molecule has 1 aromatic rings. The smallest absolute Gasteiger partial charge is 0.329 e. The van der Waals surface area contributed by atoms with E-state index in [-0.39, 0.29) is 29.8 Å². The SMILES string of the molecule is CC[C@]1(c2ccccc2)NC(=O)N(C[NH+]2CCS[C@H](C(=O)OC)C2)C1=O. The molecule has 2 aliphatic heterocycles. The van der Waals surface area contributed by atoms with Crippen molar-refractivity contribution in [1.29, 1.82) is 0 Å². The van der Waals surface area contributed by atoms with Crippen molar-refractivity contribution in [2.45, 2.75) is 24.1 Å². The number of imide groups is 1. The molecule has 3 rings (SSSR count). The third-order valence-electron chi connectivity index (χ3n) is 5.07. The van der Waals surface area contributed by atoms with Crippen LogP contribution in [0.1, 0.15) is 18.9 Å². The van der Waals surface area contributed by atoms with Crippen molar-refractivity contribution in [2.75, 3.05) is 32.6 Å². The highest BCUT2D eigenvalue weighted by molar-refractivity contribution is 8.00. The zero-order valence-corrected chi connectivity index (χ0v) is 15.8. The topological polar surface area (TPSA) is 80.2 Å². The maximum atomic E-state index is 13.1. The summed E-state index contributed by atoms with van der Waals surface area (Å²) in [6.45, 7) is 3.48. The summed E-state index contributed by atoms with van der Waals surface area (Å²) in [4.78, 5) is 39.8. The quantitative estimate of drug-likeness (QED) is 0.556. The van der Waals surface area contributed by atoms with Crippen LogP contribution in [0.15, 0.2) is 30.3 Å². The van der Waals surface area contributed by atoms with E-state index >= 15 is 0 Å². The van der Waals surface area contributed by atoms with Gasteiger partial charge in [-0.25, -0.2) is 9.69 Å². The molecule has 0 radical (unpaired) electrons. The molecule has 26 heavy (non-hydrogen) atoms. The first-order chi connectivity index (χ1) is 12.5. The largest absolute Gasteiger partial charge is 0.468 e. The number of methoxy groups -OCH3 is 1. The van der Waals surface area contributed by atoms with Gasteiger partial charge in [-0.3, -0.25) is 9.59 Å². The van der Waals surface area contributed by atoms with Gasteiger partial charge < -0.3 is 15.0 Å². The number of benzene rings is 1. The van der Waals surface area contributed by atoms with Gasteiger partial charge in [0.25, 0.3) is 5.91 Å². The van der Waals surface area contributed by atoms with Crippen LogP contribution in [-0.4, -0.2) is 60.7 Å². The van der Waals surface area contributed by atoms with Crippen molar-refractivity contribution in [2.24, 2.45) is 0 Å². The summed E-state index contributed by atoms with van der Waals surface area (Å²) >= 11 is 1.56. The van der Waals surface area contributed by atoms with Crippen LogP contribution in [0.2, 0.25) is 0 Å². The first kappa shape index (κ1) is 18.7. The van der Waals surface area contributed by atoms with E-state index in [0.29, 0.717) is 13.0 Å². The van der Waals surface area contributed by atoms with Gasteiger partial charge in [0.1, 0.15) is 12.1 Å². The number of urea groups is 1. The molecule has 2 fully saturated rings. The predicted octanol–water partition coefficient (Wildman–Crippen LogP) is -0.0255. The normalized spacial score (nSPS) is 28.8. The molecule has 0 aromatic heterocycles. The number of ether oxygens (including phenoxy) is 1. The molecule has 0 saturated carbocycles. The molecule has 1 aromatic carbocycles. The number of rotatable bonds is 5. The Morgan fingerprint density at radius 3 is 2.77 bits per heavy atom. The van der Waals surface area contributed by atoms with Gasteiger partial charge in [-0.1, -0.05) is 37.3 Å².